The zero-order valence-electron chi connectivity index (χ0n) is 16.5. The Morgan fingerprint density at radius 2 is 1.79 bits per heavy atom. The van der Waals surface area contributed by atoms with Gasteiger partial charge >= 0.3 is 6.18 Å². The molecule has 0 saturated carbocycles. The third kappa shape index (κ3) is 6.79. The molecule has 33 heavy (non-hydrogen) atoms. The van der Waals surface area contributed by atoms with Crippen LogP contribution >= 0.6 is 27.7 Å². The van der Waals surface area contributed by atoms with E-state index in [1.807, 2.05) is 24.3 Å². The number of alkyl halides is 3. The van der Waals surface area contributed by atoms with Crippen molar-refractivity contribution in [3.8, 4) is 0 Å². The number of carbonyl (C=O) groups excluding carboxylic acids is 2. The minimum absolute atomic E-state index is 0.250. The highest BCUT2D eigenvalue weighted by molar-refractivity contribution is 9.10. The van der Waals surface area contributed by atoms with Crippen molar-refractivity contribution in [1.29, 1.82) is 0 Å². The van der Waals surface area contributed by atoms with Crippen LogP contribution in [0.15, 0.2) is 63.3 Å². The average molecular weight is 542 g/mol. The van der Waals surface area contributed by atoms with E-state index < -0.39 is 23.8 Å². The van der Waals surface area contributed by atoms with E-state index in [4.69, 9.17) is 5.84 Å². The van der Waals surface area contributed by atoms with Gasteiger partial charge in [-0.05, 0) is 42.0 Å². The van der Waals surface area contributed by atoms with Crippen LogP contribution in [-0.4, -0.2) is 38.7 Å². The molecule has 9 nitrogen and oxygen atoms in total. The third-order valence-corrected chi connectivity index (χ3v) is 5.40. The Kier molecular flexibility index (Phi) is 7.71. The number of thioether (sulfide) groups is 1. The number of halogens is 4. The third-order valence-electron chi connectivity index (χ3n) is 3.93. The minimum Gasteiger partial charge on any atom is -0.335 e. The van der Waals surface area contributed by atoms with E-state index in [1.165, 1.54) is 30.5 Å². The number of hydrazone groups is 1. The molecule has 1 aromatic heterocycles. The van der Waals surface area contributed by atoms with Crippen LogP contribution in [0.4, 0.5) is 18.9 Å². The Balaban J connectivity index is 1.49. The van der Waals surface area contributed by atoms with Crippen LogP contribution in [0.2, 0.25) is 0 Å². The fourth-order valence-corrected chi connectivity index (χ4v) is 3.30. The lowest BCUT2D eigenvalue weighted by Gasteiger charge is -2.07. The second-order valence-electron chi connectivity index (χ2n) is 6.34. The maximum atomic E-state index is 12.7. The largest absolute Gasteiger partial charge is 0.453 e. The normalized spacial score (nSPS) is 11.5. The number of nitrogen functional groups attached to an aromatic ring is 1. The molecule has 0 fully saturated rings. The van der Waals surface area contributed by atoms with Gasteiger partial charge in [-0.15, -0.1) is 10.2 Å². The summed E-state index contributed by atoms with van der Waals surface area (Å²) < 4.78 is 39.2. The van der Waals surface area contributed by atoms with Crippen molar-refractivity contribution in [1.82, 2.24) is 20.3 Å². The van der Waals surface area contributed by atoms with Crippen LogP contribution in [0.25, 0.3) is 0 Å². The number of rotatable bonds is 7. The molecule has 0 bridgehead atoms. The maximum absolute atomic E-state index is 12.7. The first-order valence-electron chi connectivity index (χ1n) is 9.03. The molecular formula is C19H15BrF3N7O2S. The van der Waals surface area contributed by atoms with Gasteiger partial charge in [0.15, 0.2) is 0 Å². The molecule has 14 heteroatoms. The maximum Gasteiger partial charge on any atom is 0.453 e. The minimum atomic E-state index is -4.75. The Labute approximate surface area is 197 Å². The predicted molar refractivity (Wildman–Crippen MR) is 120 cm³/mol. The molecule has 2 aromatic carbocycles. The quantitative estimate of drug-likeness (QED) is 0.182. The predicted octanol–water partition coefficient (Wildman–Crippen LogP) is 3.27. The molecule has 0 atom stereocenters. The Hall–Kier alpha value is -3.39. The van der Waals surface area contributed by atoms with Gasteiger partial charge in [0.1, 0.15) is 0 Å². The number of nitrogens with zero attached hydrogens (tertiary/aromatic N) is 4. The van der Waals surface area contributed by atoms with Gasteiger partial charge in [-0.2, -0.15) is 18.3 Å². The van der Waals surface area contributed by atoms with Gasteiger partial charge in [0.2, 0.25) is 11.1 Å². The van der Waals surface area contributed by atoms with E-state index in [0.717, 1.165) is 10.0 Å². The van der Waals surface area contributed by atoms with E-state index in [1.54, 1.807) is 0 Å². The number of carbonyl (C=O) groups is 2. The molecule has 0 aliphatic rings. The van der Waals surface area contributed by atoms with Crippen LogP contribution in [0, 0.1) is 0 Å². The highest BCUT2D eigenvalue weighted by atomic mass is 79.9. The lowest BCUT2D eigenvalue weighted by molar-refractivity contribution is -0.146. The Bertz CT molecular complexity index is 1170. The van der Waals surface area contributed by atoms with Crippen molar-refractivity contribution in [2.24, 2.45) is 5.10 Å². The van der Waals surface area contributed by atoms with E-state index in [9.17, 15) is 22.8 Å². The average Bonchev–Trinajstić information content (AvgIpc) is 3.15. The molecule has 0 aliphatic carbocycles. The summed E-state index contributed by atoms with van der Waals surface area (Å²) >= 11 is 4.02. The Morgan fingerprint density at radius 1 is 1.12 bits per heavy atom. The molecule has 2 amide bonds. The highest BCUT2D eigenvalue weighted by Crippen LogP contribution is 2.28. The Morgan fingerprint density at radius 3 is 2.39 bits per heavy atom. The van der Waals surface area contributed by atoms with Crippen LogP contribution in [-0.2, 0) is 11.0 Å². The van der Waals surface area contributed by atoms with E-state index in [-0.39, 0.29) is 15.6 Å². The summed E-state index contributed by atoms with van der Waals surface area (Å²) in [5.41, 5.74) is 3.90. The molecule has 4 N–H and O–H groups in total. The van der Waals surface area contributed by atoms with Gasteiger partial charge in [0, 0.05) is 15.7 Å². The summed E-state index contributed by atoms with van der Waals surface area (Å²) in [6.07, 6.45) is -3.25. The van der Waals surface area contributed by atoms with Crippen LogP contribution < -0.4 is 16.6 Å². The molecule has 0 spiro atoms. The van der Waals surface area contributed by atoms with Gasteiger partial charge in [-0.3, -0.25) is 9.59 Å². The molecule has 0 aliphatic heterocycles. The van der Waals surface area contributed by atoms with Crippen molar-refractivity contribution in [3.05, 3.63) is 70.0 Å². The number of amides is 2. The summed E-state index contributed by atoms with van der Waals surface area (Å²) in [5.74, 6) is 2.75. The topological polar surface area (TPSA) is 127 Å². The first-order valence-corrected chi connectivity index (χ1v) is 10.8. The van der Waals surface area contributed by atoms with Gasteiger partial charge < -0.3 is 11.2 Å². The molecule has 3 rings (SSSR count). The van der Waals surface area contributed by atoms with E-state index in [0.29, 0.717) is 23.0 Å². The van der Waals surface area contributed by atoms with Gasteiger partial charge in [-0.25, -0.2) is 10.1 Å². The van der Waals surface area contributed by atoms with E-state index >= 15 is 0 Å². The molecule has 3 aromatic rings. The molecular weight excluding hydrogens is 527 g/mol. The second-order valence-corrected chi connectivity index (χ2v) is 8.20. The molecule has 172 valence electrons. The number of benzene rings is 2. The molecule has 0 unspecified atom stereocenters. The number of nitrogens with one attached hydrogen (secondary N) is 2. The number of anilines is 1. The van der Waals surface area contributed by atoms with E-state index in [2.05, 4.69) is 42.0 Å². The summed E-state index contributed by atoms with van der Waals surface area (Å²) in [6.45, 7) is 0. The standard InChI is InChI=1S/C19H15BrF3N7O2S/c20-13-5-1-11(2-6-13)9-25-27-16(32)12-3-7-14(8-4-12)26-15(31)10-33-18-29-28-17(30(18)24)19(21,22)23/h1-9H,10,24H2,(H,26,31)(H,27,32). The molecule has 0 saturated heterocycles. The number of nitrogens with two attached hydrogens (primary N) is 1. The van der Waals surface area contributed by atoms with Crippen LogP contribution in [0.5, 0.6) is 0 Å². The summed E-state index contributed by atoms with van der Waals surface area (Å²) in [5, 5.41) is 12.5. The lowest BCUT2D eigenvalue weighted by Crippen LogP contribution is -2.22. The first-order chi connectivity index (χ1) is 15.6. The van der Waals surface area contributed by atoms with Gasteiger partial charge in [-0.1, -0.05) is 39.8 Å². The van der Waals surface area contributed by atoms with Crippen LogP contribution in [0.1, 0.15) is 21.7 Å². The van der Waals surface area contributed by atoms with Crippen molar-refractivity contribution < 1.29 is 22.8 Å². The fraction of sp³-hybridized carbons (Fsp3) is 0.105. The second kappa shape index (κ2) is 10.5. The van der Waals surface area contributed by atoms with Crippen molar-refractivity contribution in [3.63, 3.8) is 0 Å². The number of hydrogen-bond donors (Lipinski definition) is 3. The first kappa shape index (κ1) is 24.3. The van der Waals surface area contributed by atoms with Crippen LogP contribution in [0.3, 0.4) is 0 Å². The summed E-state index contributed by atoms with van der Waals surface area (Å²) in [4.78, 5) is 24.2. The zero-order valence-corrected chi connectivity index (χ0v) is 18.9. The lowest BCUT2D eigenvalue weighted by atomic mass is 10.2. The van der Waals surface area contributed by atoms with Crippen molar-refractivity contribution >= 4 is 51.4 Å². The smallest absolute Gasteiger partial charge is 0.335 e. The zero-order chi connectivity index (χ0) is 24.0. The molecule has 1 heterocycles. The fourth-order valence-electron chi connectivity index (χ4n) is 2.38. The SMILES string of the molecule is Nn1c(SCC(=O)Nc2ccc(C(=O)NN=Cc3ccc(Br)cc3)cc2)nnc1C(F)(F)F. The van der Waals surface area contributed by atoms with Gasteiger partial charge in [0.05, 0.1) is 12.0 Å². The summed E-state index contributed by atoms with van der Waals surface area (Å²) in [7, 11) is 0. The van der Waals surface area contributed by atoms with Gasteiger partial charge in [0.25, 0.3) is 11.7 Å². The number of hydrogen-bond acceptors (Lipinski definition) is 7. The molecule has 0 radical (unpaired) electrons. The van der Waals surface area contributed by atoms with Crippen molar-refractivity contribution in [2.45, 2.75) is 11.3 Å². The van der Waals surface area contributed by atoms with Crippen molar-refractivity contribution in [2.75, 3.05) is 16.9 Å². The highest BCUT2D eigenvalue weighted by Gasteiger charge is 2.38. The number of aromatic nitrogens is 3. The summed E-state index contributed by atoms with van der Waals surface area (Å²) in [6, 6.07) is 13.3. The monoisotopic (exact) mass is 541 g/mol.